The molecule has 130 valence electrons. The molecule has 0 aliphatic rings. The molecule has 1 aromatic heterocycles. The third kappa shape index (κ3) is 5.02. The summed E-state index contributed by atoms with van der Waals surface area (Å²) < 4.78 is 0. The Bertz CT molecular complexity index is 731. The van der Waals surface area contributed by atoms with Gasteiger partial charge in [0.2, 0.25) is 5.91 Å². The van der Waals surface area contributed by atoms with Gasteiger partial charge in [0.05, 0.1) is 0 Å². The monoisotopic (exact) mass is 368 g/mol. The molecule has 0 saturated carbocycles. The lowest BCUT2D eigenvalue weighted by Gasteiger charge is -2.12. The van der Waals surface area contributed by atoms with Gasteiger partial charge < -0.3 is 16.4 Å². The molecule has 0 aliphatic carbocycles. The molecule has 0 spiro atoms. The van der Waals surface area contributed by atoms with Crippen molar-refractivity contribution in [3.05, 3.63) is 39.8 Å². The smallest absolute Gasteiger partial charge is 0.275 e. The first-order chi connectivity index (χ1) is 10.9. The maximum Gasteiger partial charge on any atom is 0.275 e. The molecule has 1 aromatic carbocycles. The number of amides is 2. The second-order valence-corrected chi connectivity index (χ2v) is 6.40. The number of hydrogen-bond acceptors (Lipinski definition) is 5. The van der Waals surface area contributed by atoms with Crippen molar-refractivity contribution in [3.8, 4) is 0 Å². The Hall–Kier alpha value is -1.96. The number of nitrogens with two attached hydrogens (primary N) is 1. The first kappa shape index (κ1) is 20.1. The van der Waals surface area contributed by atoms with Crippen LogP contribution in [0.25, 0.3) is 0 Å². The molecule has 0 fully saturated rings. The largest absolute Gasteiger partial charge is 0.326 e. The van der Waals surface area contributed by atoms with Gasteiger partial charge in [0.25, 0.3) is 5.91 Å². The molecule has 8 heteroatoms. The molecule has 0 radical (unpaired) electrons. The molecule has 0 saturated heterocycles. The van der Waals surface area contributed by atoms with Crippen LogP contribution in [0.15, 0.2) is 23.6 Å². The summed E-state index contributed by atoms with van der Waals surface area (Å²) in [4.78, 5) is 28.2. The number of carbonyl (C=O) groups is 2. The number of aryl methyl sites for hydroxylation is 1. The lowest BCUT2D eigenvalue weighted by atomic mass is 10.1. The van der Waals surface area contributed by atoms with E-state index < -0.39 is 0 Å². The Balaban J connectivity index is 0.00000288. The molecule has 2 amide bonds. The fourth-order valence-electron chi connectivity index (χ4n) is 1.82. The quantitative estimate of drug-likeness (QED) is 0.755. The third-order valence-electron chi connectivity index (χ3n) is 3.24. The van der Waals surface area contributed by atoms with Crippen LogP contribution >= 0.6 is 23.7 Å². The second-order valence-electron chi connectivity index (χ2n) is 5.46. The molecule has 2 aromatic rings. The van der Waals surface area contributed by atoms with E-state index in [2.05, 4.69) is 15.6 Å². The molecule has 0 bridgehead atoms. The normalized spacial score (nSPS) is 10.2. The van der Waals surface area contributed by atoms with Gasteiger partial charge in [0, 0.05) is 29.2 Å². The third-order valence-corrected chi connectivity index (χ3v) is 4.11. The topological polar surface area (TPSA) is 97.1 Å². The van der Waals surface area contributed by atoms with Crippen molar-refractivity contribution < 1.29 is 9.59 Å². The number of carbonyl (C=O) groups excluding carboxylic acids is 2. The van der Waals surface area contributed by atoms with Crippen LogP contribution in [0.3, 0.4) is 0 Å². The first-order valence-electron chi connectivity index (χ1n) is 7.28. The Kier molecular flexibility index (Phi) is 7.34. The van der Waals surface area contributed by atoms with Crippen molar-refractivity contribution >= 4 is 46.9 Å². The summed E-state index contributed by atoms with van der Waals surface area (Å²) in [6.07, 6.45) is 0. The summed E-state index contributed by atoms with van der Waals surface area (Å²) >= 11 is 1.35. The minimum Gasteiger partial charge on any atom is -0.326 e. The number of halogens is 1. The Morgan fingerprint density at radius 2 is 2.00 bits per heavy atom. The predicted octanol–water partition coefficient (Wildman–Crippen LogP) is 3.18. The van der Waals surface area contributed by atoms with E-state index in [0.717, 1.165) is 5.56 Å². The molecule has 1 heterocycles. The van der Waals surface area contributed by atoms with E-state index in [1.54, 1.807) is 17.5 Å². The van der Waals surface area contributed by atoms with Crippen LogP contribution in [-0.2, 0) is 11.3 Å². The summed E-state index contributed by atoms with van der Waals surface area (Å²) in [7, 11) is 0. The van der Waals surface area contributed by atoms with Crippen molar-refractivity contribution in [1.82, 2.24) is 4.98 Å². The maximum atomic E-state index is 12.2. The van der Waals surface area contributed by atoms with Crippen LogP contribution in [0.5, 0.6) is 0 Å². The molecule has 4 N–H and O–H groups in total. The summed E-state index contributed by atoms with van der Waals surface area (Å²) in [5.41, 5.74) is 8.03. The number of rotatable bonds is 5. The van der Waals surface area contributed by atoms with Gasteiger partial charge in [-0.05, 0) is 24.6 Å². The molecular weight excluding hydrogens is 348 g/mol. The van der Waals surface area contributed by atoms with Gasteiger partial charge >= 0.3 is 0 Å². The number of aromatic nitrogens is 1. The van der Waals surface area contributed by atoms with Crippen LogP contribution in [0.1, 0.15) is 34.9 Å². The maximum absolute atomic E-state index is 12.2. The SMILES string of the molecule is Cc1ccc(NC(=O)C(C)C)cc1NC(=O)c1csc(CN)n1.Cl. The zero-order valence-electron chi connectivity index (χ0n) is 13.8. The lowest BCUT2D eigenvalue weighted by molar-refractivity contribution is -0.118. The minimum absolute atomic E-state index is 0. The van der Waals surface area contributed by atoms with Crippen molar-refractivity contribution in [3.63, 3.8) is 0 Å². The van der Waals surface area contributed by atoms with E-state index in [9.17, 15) is 9.59 Å². The van der Waals surface area contributed by atoms with Crippen LogP contribution in [0, 0.1) is 12.8 Å². The van der Waals surface area contributed by atoms with E-state index in [4.69, 9.17) is 5.73 Å². The predicted molar refractivity (Wildman–Crippen MR) is 99.9 cm³/mol. The Labute approximate surface area is 151 Å². The number of benzene rings is 1. The Morgan fingerprint density at radius 1 is 1.29 bits per heavy atom. The van der Waals surface area contributed by atoms with Crippen molar-refractivity contribution in [1.29, 1.82) is 0 Å². The number of thiazole rings is 1. The molecule has 2 rings (SSSR count). The van der Waals surface area contributed by atoms with E-state index in [0.29, 0.717) is 28.6 Å². The molecule has 0 aliphatic heterocycles. The lowest BCUT2D eigenvalue weighted by Crippen LogP contribution is -2.18. The fourth-order valence-corrected chi connectivity index (χ4v) is 2.47. The van der Waals surface area contributed by atoms with Crippen LogP contribution in [-0.4, -0.2) is 16.8 Å². The van der Waals surface area contributed by atoms with Crippen LogP contribution in [0.2, 0.25) is 0 Å². The summed E-state index contributed by atoms with van der Waals surface area (Å²) in [5.74, 6) is -0.478. The van der Waals surface area contributed by atoms with E-state index in [-0.39, 0.29) is 30.1 Å². The number of anilines is 2. The highest BCUT2D eigenvalue weighted by Gasteiger charge is 2.13. The number of nitrogens with one attached hydrogen (secondary N) is 2. The van der Waals surface area contributed by atoms with E-state index in [1.807, 2.05) is 26.8 Å². The molecule has 6 nitrogen and oxygen atoms in total. The summed E-state index contributed by atoms with van der Waals surface area (Å²) in [6, 6.07) is 5.39. The number of hydrogen-bond donors (Lipinski definition) is 3. The Morgan fingerprint density at radius 3 is 2.58 bits per heavy atom. The molecule has 0 atom stereocenters. The van der Waals surface area contributed by atoms with Gasteiger partial charge in [-0.3, -0.25) is 9.59 Å². The van der Waals surface area contributed by atoms with Gasteiger partial charge in [-0.25, -0.2) is 4.98 Å². The van der Waals surface area contributed by atoms with Crippen molar-refractivity contribution in [2.75, 3.05) is 10.6 Å². The zero-order valence-corrected chi connectivity index (χ0v) is 15.4. The van der Waals surface area contributed by atoms with Gasteiger partial charge in [-0.2, -0.15) is 0 Å². The molecule has 0 unspecified atom stereocenters. The number of nitrogens with zero attached hydrogens (tertiary/aromatic N) is 1. The van der Waals surface area contributed by atoms with Crippen molar-refractivity contribution in [2.45, 2.75) is 27.3 Å². The average molecular weight is 369 g/mol. The standard InChI is InChI=1S/C16H20N4O2S.ClH/c1-9(2)15(21)18-11-5-4-10(3)12(6-11)20-16(22)13-8-23-14(7-17)19-13;/h4-6,8-9H,7,17H2,1-3H3,(H,18,21)(H,20,22);1H. The van der Waals surface area contributed by atoms with Crippen LogP contribution in [0.4, 0.5) is 11.4 Å². The highest BCUT2D eigenvalue weighted by atomic mass is 35.5. The highest BCUT2D eigenvalue weighted by Crippen LogP contribution is 2.22. The highest BCUT2D eigenvalue weighted by molar-refractivity contribution is 7.09. The summed E-state index contributed by atoms with van der Waals surface area (Å²) in [5, 5.41) is 8.03. The first-order valence-corrected chi connectivity index (χ1v) is 8.16. The van der Waals surface area contributed by atoms with Crippen LogP contribution < -0.4 is 16.4 Å². The van der Waals surface area contributed by atoms with Gasteiger partial charge in [-0.15, -0.1) is 23.7 Å². The summed E-state index contributed by atoms with van der Waals surface area (Å²) in [6.45, 7) is 5.84. The molecular formula is C16H21ClN4O2S. The van der Waals surface area contributed by atoms with Gasteiger partial charge in [0.15, 0.2) is 0 Å². The average Bonchev–Trinajstić information content (AvgIpc) is 2.99. The minimum atomic E-state index is -0.295. The second kappa shape index (κ2) is 8.77. The zero-order chi connectivity index (χ0) is 17.0. The van der Waals surface area contributed by atoms with E-state index in [1.165, 1.54) is 11.3 Å². The van der Waals surface area contributed by atoms with Gasteiger partial charge in [0.1, 0.15) is 10.7 Å². The van der Waals surface area contributed by atoms with E-state index >= 15 is 0 Å². The van der Waals surface area contributed by atoms with Gasteiger partial charge in [-0.1, -0.05) is 19.9 Å². The van der Waals surface area contributed by atoms with Crippen molar-refractivity contribution in [2.24, 2.45) is 11.7 Å². The fraction of sp³-hybridized carbons (Fsp3) is 0.312. The molecule has 24 heavy (non-hydrogen) atoms.